The molecule has 0 spiro atoms. The van der Waals surface area contributed by atoms with Crippen LogP contribution < -0.4 is 0 Å². The third-order valence-electron chi connectivity index (χ3n) is 2.79. The van der Waals surface area contributed by atoms with Gasteiger partial charge in [-0.05, 0) is 29.0 Å². The van der Waals surface area contributed by atoms with Gasteiger partial charge >= 0.3 is 0 Å². The van der Waals surface area contributed by atoms with Crippen LogP contribution in [0.4, 0.5) is 0 Å². The molecule has 17 heavy (non-hydrogen) atoms. The van der Waals surface area contributed by atoms with Crippen LogP contribution in [0.25, 0.3) is 10.9 Å². The molecule has 0 saturated carbocycles. The lowest BCUT2D eigenvalue weighted by Crippen LogP contribution is -2.07. The maximum absolute atomic E-state index is 12.0. The minimum Gasteiger partial charge on any atom is -0.340 e. The molecule has 3 rings (SSSR count). The highest BCUT2D eigenvalue weighted by molar-refractivity contribution is 7.12. The third kappa shape index (κ3) is 1.89. The van der Waals surface area contributed by atoms with E-state index < -0.39 is 0 Å². The summed E-state index contributed by atoms with van der Waals surface area (Å²) in [6.07, 6.45) is 1.97. The molecule has 1 aromatic carbocycles. The summed E-state index contributed by atoms with van der Waals surface area (Å²) >= 11 is 1.50. The zero-order chi connectivity index (χ0) is 11.7. The molecular weight excluding hydrogens is 230 g/mol. The van der Waals surface area contributed by atoms with Gasteiger partial charge in [-0.25, -0.2) is 0 Å². The van der Waals surface area contributed by atoms with Crippen molar-refractivity contribution in [2.75, 3.05) is 0 Å². The number of benzene rings is 1. The van der Waals surface area contributed by atoms with Crippen molar-refractivity contribution in [3.8, 4) is 0 Å². The monoisotopic (exact) mass is 241 g/mol. The molecule has 2 aromatic heterocycles. The van der Waals surface area contributed by atoms with Crippen LogP contribution in [-0.2, 0) is 6.54 Å². The SMILES string of the molecule is O=C(Cn1ccc2ccccc21)c1cccs1. The summed E-state index contributed by atoms with van der Waals surface area (Å²) < 4.78 is 2.00. The topological polar surface area (TPSA) is 22.0 Å². The Bertz CT molecular complexity index is 652. The van der Waals surface area contributed by atoms with Crippen LogP contribution in [0.1, 0.15) is 9.67 Å². The number of hydrogen-bond acceptors (Lipinski definition) is 2. The molecule has 0 N–H and O–H groups in total. The van der Waals surface area contributed by atoms with Crippen LogP contribution in [0.3, 0.4) is 0 Å². The smallest absolute Gasteiger partial charge is 0.192 e. The summed E-state index contributed by atoms with van der Waals surface area (Å²) in [6, 6.07) is 13.9. The number of thiophene rings is 1. The molecule has 3 aromatic rings. The van der Waals surface area contributed by atoms with E-state index >= 15 is 0 Å². The van der Waals surface area contributed by atoms with Crippen LogP contribution in [-0.4, -0.2) is 10.4 Å². The van der Waals surface area contributed by atoms with Crippen LogP contribution in [0.2, 0.25) is 0 Å². The van der Waals surface area contributed by atoms with Crippen molar-refractivity contribution in [1.82, 2.24) is 4.57 Å². The predicted octanol–water partition coefficient (Wildman–Crippen LogP) is 3.59. The first-order valence-electron chi connectivity index (χ1n) is 5.45. The second kappa shape index (κ2) is 4.18. The highest BCUT2D eigenvalue weighted by Crippen LogP contribution is 2.17. The van der Waals surface area contributed by atoms with E-state index in [1.165, 1.54) is 16.7 Å². The van der Waals surface area contributed by atoms with Crippen molar-refractivity contribution in [2.24, 2.45) is 0 Å². The van der Waals surface area contributed by atoms with Gasteiger partial charge in [-0.3, -0.25) is 4.79 Å². The number of fused-ring (bicyclic) bond motifs is 1. The van der Waals surface area contributed by atoms with Gasteiger partial charge in [0.05, 0.1) is 11.4 Å². The number of rotatable bonds is 3. The molecule has 0 atom stereocenters. The van der Waals surface area contributed by atoms with E-state index in [0.717, 1.165) is 10.4 Å². The van der Waals surface area contributed by atoms with Gasteiger partial charge in [0, 0.05) is 11.7 Å². The van der Waals surface area contributed by atoms with Gasteiger partial charge in [-0.1, -0.05) is 24.3 Å². The summed E-state index contributed by atoms with van der Waals surface area (Å²) in [4.78, 5) is 12.8. The molecule has 3 heteroatoms. The van der Waals surface area contributed by atoms with E-state index in [2.05, 4.69) is 6.07 Å². The molecule has 2 nitrogen and oxygen atoms in total. The highest BCUT2D eigenvalue weighted by atomic mass is 32.1. The van der Waals surface area contributed by atoms with Crippen molar-refractivity contribution >= 4 is 28.0 Å². The van der Waals surface area contributed by atoms with E-state index in [-0.39, 0.29) is 5.78 Å². The Morgan fingerprint density at radius 2 is 2.00 bits per heavy atom. The van der Waals surface area contributed by atoms with Gasteiger partial charge in [-0.15, -0.1) is 11.3 Å². The first-order valence-corrected chi connectivity index (χ1v) is 6.33. The summed E-state index contributed by atoms with van der Waals surface area (Å²) in [5.41, 5.74) is 1.11. The van der Waals surface area contributed by atoms with Gasteiger partial charge in [0.1, 0.15) is 0 Å². The quantitative estimate of drug-likeness (QED) is 0.642. The molecule has 0 unspecified atom stereocenters. The molecule has 0 amide bonds. The Hall–Kier alpha value is -1.87. The minimum absolute atomic E-state index is 0.168. The van der Waals surface area contributed by atoms with Crippen molar-refractivity contribution in [2.45, 2.75) is 6.54 Å². The number of carbonyl (C=O) groups is 1. The molecule has 0 aliphatic carbocycles. The number of hydrogen-bond donors (Lipinski definition) is 0. The molecule has 84 valence electrons. The van der Waals surface area contributed by atoms with Gasteiger partial charge in [0.25, 0.3) is 0 Å². The zero-order valence-electron chi connectivity index (χ0n) is 9.17. The van der Waals surface area contributed by atoms with Crippen molar-refractivity contribution < 1.29 is 4.79 Å². The number of ketones is 1. The maximum atomic E-state index is 12.0. The number of para-hydroxylation sites is 1. The summed E-state index contributed by atoms with van der Waals surface area (Å²) in [5, 5.41) is 3.10. The molecule has 2 heterocycles. The van der Waals surface area contributed by atoms with Crippen LogP contribution in [0.5, 0.6) is 0 Å². The average molecular weight is 241 g/mol. The summed E-state index contributed by atoms with van der Waals surface area (Å²) in [5.74, 6) is 0.168. The number of Topliss-reactive ketones (excluding diaryl/α,β-unsaturated/α-hetero) is 1. The van der Waals surface area contributed by atoms with E-state index in [9.17, 15) is 4.79 Å². The highest BCUT2D eigenvalue weighted by Gasteiger charge is 2.08. The van der Waals surface area contributed by atoms with Gasteiger partial charge in [0.15, 0.2) is 5.78 Å². The Morgan fingerprint density at radius 1 is 1.12 bits per heavy atom. The van der Waals surface area contributed by atoms with Crippen LogP contribution in [0.15, 0.2) is 54.0 Å². The number of carbonyl (C=O) groups excluding carboxylic acids is 1. The first-order chi connectivity index (χ1) is 8.34. The zero-order valence-corrected chi connectivity index (χ0v) is 9.98. The Labute approximate surface area is 103 Å². The second-order valence-electron chi connectivity index (χ2n) is 3.90. The van der Waals surface area contributed by atoms with Gasteiger partial charge < -0.3 is 4.57 Å². The Morgan fingerprint density at radius 3 is 2.82 bits per heavy atom. The average Bonchev–Trinajstić information content (AvgIpc) is 2.98. The van der Waals surface area contributed by atoms with E-state index in [1.54, 1.807) is 0 Å². The fourth-order valence-electron chi connectivity index (χ4n) is 1.95. The second-order valence-corrected chi connectivity index (χ2v) is 4.85. The summed E-state index contributed by atoms with van der Waals surface area (Å²) in [7, 11) is 0. The lowest BCUT2D eigenvalue weighted by atomic mass is 10.2. The fourth-order valence-corrected chi connectivity index (χ4v) is 2.61. The third-order valence-corrected chi connectivity index (χ3v) is 3.70. The van der Waals surface area contributed by atoms with Crippen LogP contribution in [0, 0.1) is 0 Å². The Balaban J connectivity index is 1.93. The van der Waals surface area contributed by atoms with Crippen molar-refractivity contribution in [3.63, 3.8) is 0 Å². The maximum Gasteiger partial charge on any atom is 0.192 e. The molecule has 0 aliphatic heterocycles. The molecule has 0 radical (unpaired) electrons. The largest absolute Gasteiger partial charge is 0.340 e. The van der Waals surface area contributed by atoms with Crippen molar-refractivity contribution in [3.05, 3.63) is 58.9 Å². The minimum atomic E-state index is 0.168. The molecular formula is C14H11NOS. The lowest BCUT2D eigenvalue weighted by Gasteiger charge is -2.03. The van der Waals surface area contributed by atoms with E-state index in [1.807, 2.05) is 52.5 Å². The van der Waals surface area contributed by atoms with Crippen LogP contribution >= 0.6 is 11.3 Å². The van der Waals surface area contributed by atoms with Gasteiger partial charge in [-0.2, -0.15) is 0 Å². The molecule has 0 fully saturated rings. The number of nitrogens with zero attached hydrogens (tertiary/aromatic N) is 1. The summed E-state index contributed by atoms with van der Waals surface area (Å²) in [6.45, 7) is 0.411. The lowest BCUT2D eigenvalue weighted by molar-refractivity contribution is 0.0977. The Kier molecular flexibility index (Phi) is 2.53. The molecule has 0 saturated heterocycles. The molecule has 0 aliphatic rings. The van der Waals surface area contributed by atoms with E-state index in [0.29, 0.717) is 6.54 Å². The number of aromatic nitrogens is 1. The van der Waals surface area contributed by atoms with Crippen molar-refractivity contribution in [1.29, 1.82) is 0 Å². The van der Waals surface area contributed by atoms with Gasteiger partial charge in [0.2, 0.25) is 0 Å². The van der Waals surface area contributed by atoms with E-state index in [4.69, 9.17) is 0 Å². The first kappa shape index (κ1) is 10.3. The fraction of sp³-hybridized carbons (Fsp3) is 0.0714. The molecule has 0 bridgehead atoms. The predicted molar refractivity (Wildman–Crippen MR) is 70.6 cm³/mol. The standard InChI is InChI=1S/C14H11NOS/c16-13(14-6-3-9-17-14)10-15-8-7-11-4-1-2-5-12(11)15/h1-9H,10H2. The normalized spacial score (nSPS) is 10.8.